The van der Waals surface area contributed by atoms with E-state index in [1.807, 2.05) is 41.8 Å². The van der Waals surface area contributed by atoms with Crippen LogP contribution in [-0.4, -0.2) is 16.6 Å². The molecule has 0 aliphatic heterocycles. The van der Waals surface area contributed by atoms with Crippen molar-refractivity contribution >= 4 is 40.8 Å². The molecule has 8 heteroatoms. The van der Waals surface area contributed by atoms with Gasteiger partial charge in [0.1, 0.15) is 16.6 Å². The molecule has 1 N–H and O–H groups in total. The molecular formula is C20H13F2N3OS2. The van der Waals surface area contributed by atoms with Crippen molar-refractivity contribution in [3.8, 4) is 17.3 Å². The summed E-state index contributed by atoms with van der Waals surface area (Å²) in [6, 6.07) is 17.4. The highest BCUT2D eigenvalue weighted by atomic mass is 32.2. The van der Waals surface area contributed by atoms with Gasteiger partial charge < -0.3 is 5.32 Å². The molecule has 4 nitrogen and oxygen atoms in total. The van der Waals surface area contributed by atoms with Gasteiger partial charge in [-0.2, -0.15) is 14.0 Å². The molecule has 0 fully saturated rings. The second kappa shape index (κ2) is 9.26. The van der Waals surface area contributed by atoms with E-state index in [0.29, 0.717) is 27.4 Å². The number of carbonyl (C=O) groups excluding carboxylic acids is 1. The van der Waals surface area contributed by atoms with Crippen LogP contribution >= 0.6 is 23.1 Å². The summed E-state index contributed by atoms with van der Waals surface area (Å²) in [5.74, 6) is -3.10. The number of aromatic nitrogens is 1. The molecule has 0 saturated carbocycles. The summed E-state index contributed by atoms with van der Waals surface area (Å²) in [5, 5.41) is 14.3. The predicted molar refractivity (Wildman–Crippen MR) is 108 cm³/mol. The normalized spacial score (nSPS) is 11.3. The van der Waals surface area contributed by atoms with Crippen LogP contribution in [0.4, 0.5) is 14.5 Å². The zero-order valence-electron chi connectivity index (χ0n) is 14.3. The van der Waals surface area contributed by atoms with E-state index in [4.69, 9.17) is 0 Å². The highest BCUT2D eigenvalue weighted by molar-refractivity contribution is 7.99. The lowest BCUT2D eigenvalue weighted by Gasteiger charge is -2.05. The number of nitriles is 1. The van der Waals surface area contributed by atoms with Gasteiger partial charge in [-0.1, -0.05) is 42.1 Å². The third-order valence-corrected chi connectivity index (χ3v) is 5.08. The van der Waals surface area contributed by atoms with E-state index in [0.717, 1.165) is 11.3 Å². The number of amides is 1. The highest BCUT2D eigenvalue weighted by Gasteiger charge is 2.12. The molecule has 1 aromatic heterocycles. The standard InChI is InChI=1S/C20H13F2N3OS2/c21-20(22)28-16-8-6-15(7-9-16)24-19(26)14(11-23)10-18-25-17(12-27-18)13-4-2-1-3-5-13/h1-10,12,20H,(H,24,26)/b14-10+. The van der Waals surface area contributed by atoms with Crippen molar-refractivity contribution in [2.45, 2.75) is 10.7 Å². The maximum atomic E-state index is 12.3. The van der Waals surface area contributed by atoms with Gasteiger partial charge in [-0.3, -0.25) is 4.79 Å². The molecule has 0 unspecified atom stereocenters. The monoisotopic (exact) mass is 413 g/mol. The molecule has 2 aromatic carbocycles. The number of benzene rings is 2. The number of hydrogen-bond acceptors (Lipinski definition) is 5. The van der Waals surface area contributed by atoms with Crippen molar-refractivity contribution in [2.24, 2.45) is 0 Å². The van der Waals surface area contributed by atoms with Gasteiger partial charge >= 0.3 is 0 Å². The molecular weight excluding hydrogens is 400 g/mol. The van der Waals surface area contributed by atoms with Gasteiger partial charge in [-0.05, 0) is 30.3 Å². The van der Waals surface area contributed by atoms with E-state index in [1.54, 1.807) is 0 Å². The Kier molecular flexibility index (Phi) is 6.53. The SMILES string of the molecule is N#C/C(=C\c1nc(-c2ccccc2)cs1)C(=O)Nc1ccc(SC(F)F)cc1. The van der Waals surface area contributed by atoms with Gasteiger partial charge in [0.05, 0.1) is 5.69 Å². The topological polar surface area (TPSA) is 65.8 Å². The number of rotatable bonds is 6. The summed E-state index contributed by atoms with van der Waals surface area (Å²) in [7, 11) is 0. The van der Waals surface area contributed by atoms with Crippen LogP contribution in [0.15, 0.2) is 70.4 Å². The number of thioether (sulfide) groups is 1. The minimum Gasteiger partial charge on any atom is -0.321 e. The Morgan fingerprint density at radius 1 is 1.18 bits per heavy atom. The molecule has 3 aromatic rings. The lowest BCUT2D eigenvalue weighted by atomic mass is 10.2. The number of carbonyl (C=O) groups is 1. The molecule has 0 bridgehead atoms. The van der Waals surface area contributed by atoms with Crippen LogP contribution in [0.1, 0.15) is 5.01 Å². The van der Waals surface area contributed by atoms with Gasteiger partial charge in [-0.25, -0.2) is 4.98 Å². The summed E-state index contributed by atoms with van der Waals surface area (Å²) < 4.78 is 24.7. The Morgan fingerprint density at radius 2 is 1.89 bits per heavy atom. The molecule has 0 aliphatic rings. The fraction of sp³-hybridized carbons (Fsp3) is 0.0500. The van der Waals surface area contributed by atoms with Crippen LogP contribution in [0.5, 0.6) is 0 Å². The first-order valence-electron chi connectivity index (χ1n) is 8.04. The number of nitrogens with one attached hydrogen (secondary N) is 1. The third kappa shape index (κ3) is 5.25. The first-order chi connectivity index (χ1) is 13.5. The first-order valence-corrected chi connectivity index (χ1v) is 9.80. The number of alkyl halides is 2. The fourth-order valence-corrected chi connectivity index (χ4v) is 3.54. The average molecular weight is 413 g/mol. The fourth-order valence-electron chi connectivity index (χ4n) is 2.29. The van der Waals surface area contributed by atoms with Crippen molar-refractivity contribution in [2.75, 3.05) is 5.32 Å². The Bertz CT molecular complexity index is 1030. The maximum Gasteiger partial charge on any atom is 0.288 e. The lowest BCUT2D eigenvalue weighted by Crippen LogP contribution is -2.13. The molecule has 140 valence electrons. The van der Waals surface area contributed by atoms with E-state index in [9.17, 15) is 18.8 Å². The molecule has 3 rings (SSSR count). The number of hydrogen-bond donors (Lipinski definition) is 1. The van der Waals surface area contributed by atoms with E-state index in [2.05, 4.69) is 10.3 Å². The summed E-state index contributed by atoms with van der Waals surface area (Å²) in [6.45, 7) is 0. The van der Waals surface area contributed by atoms with E-state index in [-0.39, 0.29) is 5.57 Å². The number of nitrogens with zero attached hydrogens (tertiary/aromatic N) is 2. The Morgan fingerprint density at radius 3 is 2.54 bits per heavy atom. The summed E-state index contributed by atoms with van der Waals surface area (Å²) in [6.07, 6.45) is 1.42. The number of anilines is 1. The van der Waals surface area contributed by atoms with Crippen molar-refractivity contribution in [1.82, 2.24) is 4.98 Å². The first kappa shape index (κ1) is 19.7. The van der Waals surface area contributed by atoms with Crippen molar-refractivity contribution < 1.29 is 13.6 Å². The maximum absolute atomic E-state index is 12.3. The second-order valence-electron chi connectivity index (χ2n) is 5.46. The van der Waals surface area contributed by atoms with Gasteiger partial charge in [0.2, 0.25) is 0 Å². The number of thiazole rings is 1. The smallest absolute Gasteiger partial charge is 0.288 e. The highest BCUT2D eigenvalue weighted by Crippen LogP contribution is 2.26. The van der Waals surface area contributed by atoms with Crippen LogP contribution in [-0.2, 0) is 4.79 Å². The minimum atomic E-state index is -2.51. The molecule has 1 heterocycles. The Balaban J connectivity index is 1.71. The molecule has 1 amide bonds. The summed E-state index contributed by atoms with van der Waals surface area (Å²) in [5.41, 5.74) is 2.03. The summed E-state index contributed by atoms with van der Waals surface area (Å²) in [4.78, 5) is 17.2. The van der Waals surface area contributed by atoms with Gasteiger partial charge in [0, 0.05) is 21.5 Å². The van der Waals surface area contributed by atoms with E-state index < -0.39 is 11.7 Å². The van der Waals surface area contributed by atoms with Crippen LogP contribution in [0.2, 0.25) is 0 Å². The predicted octanol–water partition coefficient (Wildman–Crippen LogP) is 5.67. The van der Waals surface area contributed by atoms with Crippen LogP contribution < -0.4 is 5.32 Å². The minimum absolute atomic E-state index is 0.0972. The molecule has 0 spiro atoms. The zero-order valence-corrected chi connectivity index (χ0v) is 15.9. The van der Waals surface area contributed by atoms with Crippen LogP contribution in [0.3, 0.4) is 0 Å². The van der Waals surface area contributed by atoms with Gasteiger partial charge in [0.15, 0.2) is 0 Å². The lowest BCUT2D eigenvalue weighted by molar-refractivity contribution is -0.112. The summed E-state index contributed by atoms with van der Waals surface area (Å²) >= 11 is 1.75. The van der Waals surface area contributed by atoms with Crippen molar-refractivity contribution in [3.05, 3.63) is 70.6 Å². The average Bonchev–Trinajstić information content (AvgIpc) is 3.16. The quantitative estimate of drug-likeness (QED) is 0.321. The molecule has 28 heavy (non-hydrogen) atoms. The van der Waals surface area contributed by atoms with Crippen LogP contribution in [0.25, 0.3) is 17.3 Å². The van der Waals surface area contributed by atoms with E-state index >= 15 is 0 Å². The third-order valence-electron chi connectivity index (χ3n) is 3.56. The second-order valence-corrected chi connectivity index (χ2v) is 7.42. The van der Waals surface area contributed by atoms with E-state index in [1.165, 1.54) is 41.7 Å². The van der Waals surface area contributed by atoms with Gasteiger partial charge in [-0.15, -0.1) is 11.3 Å². The Labute approximate surface area is 168 Å². The number of halogens is 2. The van der Waals surface area contributed by atoms with Crippen molar-refractivity contribution in [1.29, 1.82) is 5.26 Å². The Hall–Kier alpha value is -3.02. The molecule has 0 atom stereocenters. The zero-order chi connectivity index (χ0) is 19.9. The molecule has 0 saturated heterocycles. The van der Waals surface area contributed by atoms with Crippen LogP contribution in [0, 0.1) is 11.3 Å². The molecule has 0 radical (unpaired) electrons. The largest absolute Gasteiger partial charge is 0.321 e. The molecule has 0 aliphatic carbocycles. The van der Waals surface area contributed by atoms with Gasteiger partial charge in [0.25, 0.3) is 11.7 Å². The van der Waals surface area contributed by atoms with Crippen molar-refractivity contribution in [3.63, 3.8) is 0 Å².